The largest absolute Gasteiger partial charge is 0.743 e. The zero-order valence-corrected chi connectivity index (χ0v) is 23.2. The molecule has 0 heterocycles. The average Bonchev–Trinajstić information content (AvgIpc) is 2.93. The zero-order valence-electron chi connectivity index (χ0n) is 21.6. The Kier molecular flexibility index (Phi) is 8.07. The number of esters is 1. The molecule has 1 N–H and O–H groups in total. The average molecular weight is 589 g/mol. The summed E-state index contributed by atoms with van der Waals surface area (Å²) in [5, 5.41) is 4.96. The number of carbonyl (C=O) groups excluding carboxylic acids is 1. The van der Waals surface area contributed by atoms with E-state index in [4.69, 9.17) is 4.74 Å². The minimum Gasteiger partial charge on any atom is -0.743 e. The van der Waals surface area contributed by atoms with Gasteiger partial charge in [-0.05, 0) is 86.3 Å². The second-order valence-electron chi connectivity index (χ2n) is 10.7. The zero-order chi connectivity index (χ0) is 28.5. The summed E-state index contributed by atoms with van der Waals surface area (Å²) in [6, 6.07) is 32.2. The van der Waals surface area contributed by atoms with Crippen LogP contribution in [0.2, 0.25) is 0 Å². The molecule has 4 fully saturated rings. The van der Waals surface area contributed by atoms with E-state index in [2.05, 4.69) is 91.0 Å². The Hall–Kier alpha value is -2.79. The van der Waals surface area contributed by atoms with Crippen molar-refractivity contribution in [3.05, 3.63) is 91.0 Å². The minimum atomic E-state index is -6.10. The maximum atomic E-state index is 13.3. The molecule has 0 aromatic heterocycles. The molecule has 7 rings (SSSR count). The van der Waals surface area contributed by atoms with Gasteiger partial charge in [0, 0.05) is 0 Å². The molecular formula is C30H30F2O6S2. The molecule has 4 aliphatic carbocycles. The van der Waals surface area contributed by atoms with Crippen LogP contribution in [0.3, 0.4) is 0 Å². The van der Waals surface area contributed by atoms with Gasteiger partial charge in [-0.1, -0.05) is 54.6 Å². The van der Waals surface area contributed by atoms with Gasteiger partial charge in [0.2, 0.25) is 0 Å². The van der Waals surface area contributed by atoms with Crippen LogP contribution in [-0.4, -0.2) is 41.0 Å². The molecule has 0 radical (unpaired) electrons. The van der Waals surface area contributed by atoms with Gasteiger partial charge in [0.25, 0.3) is 0 Å². The number of hydrogen-bond acceptors (Lipinski definition) is 6. The van der Waals surface area contributed by atoms with E-state index in [1.54, 1.807) is 0 Å². The van der Waals surface area contributed by atoms with Gasteiger partial charge in [0.05, 0.1) is 17.0 Å². The van der Waals surface area contributed by atoms with E-state index < -0.39 is 33.0 Å². The van der Waals surface area contributed by atoms with Gasteiger partial charge in [-0.15, -0.1) is 0 Å². The lowest BCUT2D eigenvalue weighted by Gasteiger charge is -2.57. The maximum absolute atomic E-state index is 13.3. The summed E-state index contributed by atoms with van der Waals surface area (Å²) in [7, 11) is -6.12. The van der Waals surface area contributed by atoms with Crippen molar-refractivity contribution in [2.45, 2.75) is 63.8 Å². The third kappa shape index (κ3) is 5.81. The van der Waals surface area contributed by atoms with E-state index in [-0.39, 0.29) is 41.5 Å². The first-order valence-electron chi connectivity index (χ1n) is 13.1. The molecule has 3 aromatic rings. The van der Waals surface area contributed by atoms with Crippen molar-refractivity contribution in [3.8, 4) is 0 Å². The molecular weight excluding hydrogens is 558 g/mol. The number of carbonyl (C=O) groups is 1. The van der Waals surface area contributed by atoms with Gasteiger partial charge in [-0.3, -0.25) is 0 Å². The van der Waals surface area contributed by atoms with Crippen molar-refractivity contribution in [3.63, 3.8) is 0 Å². The Labute approximate surface area is 235 Å². The number of rotatable bonds is 6. The van der Waals surface area contributed by atoms with Gasteiger partial charge in [0.1, 0.15) is 5.60 Å². The molecule has 4 saturated carbocycles. The second-order valence-corrected chi connectivity index (χ2v) is 14.2. The fraction of sp³-hybridized carbons (Fsp3) is 0.367. The van der Waals surface area contributed by atoms with E-state index in [1.165, 1.54) is 14.7 Å². The lowest BCUT2D eigenvalue weighted by atomic mass is 9.53. The summed E-state index contributed by atoms with van der Waals surface area (Å²) < 4.78 is 62.8. The van der Waals surface area contributed by atoms with E-state index in [0.717, 1.165) is 12.8 Å². The smallest absolute Gasteiger partial charge is 0.428 e. The number of halogens is 2. The Morgan fingerprint density at radius 1 is 0.825 bits per heavy atom. The Bertz CT molecular complexity index is 1310. The number of alkyl halides is 2. The SMILES string of the molecule is O=C(OC12CC3CC(C1)C(O)C(C3)C2)C(F)(F)S(=O)(=O)[O-].c1ccc([S+](c2ccccc2)c2ccccc2)cc1. The quantitative estimate of drug-likeness (QED) is 0.235. The van der Waals surface area contributed by atoms with Crippen molar-refractivity contribution < 1.29 is 36.4 Å². The molecule has 4 bridgehead atoms. The van der Waals surface area contributed by atoms with E-state index in [9.17, 15) is 31.7 Å². The standard InChI is InChI=1S/C18H15S.C12H16F2O6S/c1-4-10-16(11-5-1)19(17-12-6-2-7-13-17)18-14-8-3-9-15-18;13-12(14,21(17,18)19)10(16)20-11-3-6-1-7(4-11)9(15)8(2-6)5-11/h1-15H;6-9,15H,1-5H2,(H,17,18,19)/q+1;/p-1. The highest BCUT2D eigenvalue weighted by molar-refractivity contribution is 7.97. The predicted octanol–water partition coefficient (Wildman–Crippen LogP) is 5.39. The van der Waals surface area contributed by atoms with Crippen molar-refractivity contribution in [1.29, 1.82) is 0 Å². The molecule has 0 saturated heterocycles. The monoisotopic (exact) mass is 588 g/mol. The van der Waals surface area contributed by atoms with Crippen LogP contribution in [0.4, 0.5) is 8.78 Å². The lowest BCUT2D eigenvalue weighted by Crippen LogP contribution is -2.59. The number of hydrogen-bond donors (Lipinski definition) is 1. The molecule has 0 spiro atoms. The normalized spacial score (nSPS) is 27.1. The lowest BCUT2D eigenvalue weighted by molar-refractivity contribution is -0.217. The van der Waals surface area contributed by atoms with Crippen molar-refractivity contribution >= 4 is 27.0 Å². The summed E-state index contributed by atoms with van der Waals surface area (Å²) in [6.07, 6.45) is 1.84. The van der Waals surface area contributed by atoms with Crippen LogP contribution in [0.25, 0.3) is 0 Å². The maximum Gasteiger partial charge on any atom is 0.428 e. The summed E-state index contributed by atoms with van der Waals surface area (Å²) in [5.41, 5.74) is -1.17. The number of aliphatic hydroxyl groups is 1. The first-order chi connectivity index (χ1) is 19.0. The third-order valence-electron chi connectivity index (χ3n) is 7.96. The van der Waals surface area contributed by atoms with Gasteiger partial charge in [-0.2, -0.15) is 8.78 Å². The van der Waals surface area contributed by atoms with Crippen LogP contribution in [0.15, 0.2) is 106 Å². The van der Waals surface area contributed by atoms with Crippen LogP contribution in [0.5, 0.6) is 0 Å². The Balaban J connectivity index is 0.000000162. The molecule has 6 nitrogen and oxygen atoms in total. The molecule has 40 heavy (non-hydrogen) atoms. The topological polar surface area (TPSA) is 104 Å². The predicted molar refractivity (Wildman–Crippen MR) is 145 cm³/mol. The number of benzene rings is 3. The first kappa shape index (κ1) is 28.7. The molecule has 3 aromatic carbocycles. The highest BCUT2D eigenvalue weighted by Crippen LogP contribution is 2.57. The summed E-state index contributed by atoms with van der Waals surface area (Å²) >= 11 is 0. The third-order valence-corrected chi connectivity index (χ3v) is 11.0. The number of aliphatic hydroxyl groups excluding tert-OH is 1. The van der Waals surface area contributed by atoms with Gasteiger partial charge >= 0.3 is 11.2 Å². The molecule has 10 heteroatoms. The second kappa shape index (κ2) is 11.2. The fourth-order valence-corrected chi connectivity index (χ4v) is 8.83. The van der Waals surface area contributed by atoms with Crippen LogP contribution in [-0.2, 0) is 30.5 Å². The van der Waals surface area contributed by atoms with Crippen LogP contribution >= 0.6 is 0 Å². The summed E-state index contributed by atoms with van der Waals surface area (Å²) in [5.74, 6) is -2.37. The van der Waals surface area contributed by atoms with Crippen LogP contribution in [0.1, 0.15) is 32.1 Å². The fourth-order valence-electron chi connectivity index (χ4n) is 6.48. The van der Waals surface area contributed by atoms with Gasteiger partial charge in [-0.25, -0.2) is 13.2 Å². The molecule has 0 amide bonds. The number of ether oxygens (including phenoxy) is 1. The van der Waals surface area contributed by atoms with E-state index >= 15 is 0 Å². The van der Waals surface area contributed by atoms with Crippen molar-refractivity contribution in [2.24, 2.45) is 17.8 Å². The highest BCUT2D eigenvalue weighted by atomic mass is 32.2. The molecule has 2 unspecified atom stereocenters. The van der Waals surface area contributed by atoms with Crippen LogP contribution < -0.4 is 0 Å². The Morgan fingerprint density at radius 2 is 1.23 bits per heavy atom. The van der Waals surface area contributed by atoms with Gasteiger partial charge in [0.15, 0.2) is 24.8 Å². The Morgan fingerprint density at radius 3 is 1.60 bits per heavy atom. The van der Waals surface area contributed by atoms with Crippen LogP contribution in [0, 0.1) is 17.8 Å². The minimum absolute atomic E-state index is 0.0146. The van der Waals surface area contributed by atoms with Crippen molar-refractivity contribution in [2.75, 3.05) is 0 Å². The van der Waals surface area contributed by atoms with E-state index in [0.29, 0.717) is 6.42 Å². The molecule has 4 aliphatic rings. The highest BCUT2D eigenvalue weighted by Gasteiger charge is 2.59. The molecule has 0 aliphatic heterocycles. The molecule has 2 atom stereocenters. The summed E-state index contributed by atoms with van der Waals surface area (Å²) in [6.45, 7) is 0. The first-order valence-corrected chi connectivity index (χ1v) is 15.8. The van der Waals surface area contributed by atoms with E-state index in [1.807, 2.05) is 0 Å². The summed E-state index contributed by atoms with van der Waals surface area (Å²) in [4.78, 5) is 15.5. The molecule has 212 valence electrons. The van der Waals surface area contributed by atoms with Gasteiger partial charge < -0.3 is 14.4 Å². The van der Waals surface area contributed by atoms with Crippen molar-refractivity contribution in [1.82, 2.24) is 0 Å².